The van der Waals surface area contributed by atoms with Gasteiger partial charge in [0.15, 0.2) is 17.5 Å². The Bertz CT molecular complexity index is 3290. The maximum Gasteiger partial charge on any atom is 0.164 e. The summed E-state index contributed by atoms with van der Waals surface area (Å²) in [5, 5.41) is 2.20. The molecule has 0 amide bonds. The van der Waals surface area contributed by atoms with Crippen LogP contribution in [-0.2, 0) is 32.1 Å². The average Bonchev–Trinajstić information content (AvgIpc) is 4.22. The van der Waals surface area contributed by atoms with Gasteiger partial charge in [-0.25, -0.2) is 58.0 Å². The molecule has 9 heterocycles. The SMILES string of the molecule is CN(C)CCCCc1nc2c(N3CCc4cc(F)ccc43)ncnc2s1.CN(C)CCCc1nc2c(N3CCc4cc(F)ccc43)ncnc2s1.Fc1ccc2c(c1)CCN2c1ncnc2scnc12. The van der Waals surface area contributed by atoms with Gasteiger partial charge in [-0.3, -0.25) is 0 Å². The van der Waals surface area contributed by atoms with Crippen LogP contribution in [-0.4, -0.2) is 116 Å². The second-order valence-corrected chi connectivity index (χ2v) is 20.8. The second-order valence-electron chi connectivity index (χ2n) is 17.8. The summed E-state index contributed by atoms with van der Waals surface area (Å²) in [6, 6.07) is 14.8. The highest BCUT2D eigenvalue weighted by atomic mass is 32.1. The molecule has 12 rings (SSSR count). The Kier molecular flexibility index (Phi) is 14.2. The van der Waals surface area contributed by atoms with E-state index in [4.69, 9.17) is 9.97 Å². The Balaban J connectivity index is 0.000000123. The Morgan fingerprint density at radius 3 is 1.36 bits per heavy atom. The van der Waals surface area contributed by atoms with E-state index in [9.17, 15) is 13.2 Å². The maximum absolute atomic E-state index is 13.5. The van der Waals surface area contributed by atoms with Crippen LogP contribution in [0.4, 0.5) is 47.7 Å². The largest absolute Gasteiger partial charge is 0.324 e. The van der Waals surface area contributed by atoms with Gasteiger partial charge in [-0.2, -0.15) is 0 Å². The normalized spacial score (nSPS) is 13.9. The molecule has 3 aliphatic heterocycles. The van der Waals surface area contributed by atoms with Gasteiger partial charge in [-0.1, -0.05) is 22.7 Å². The average molecular weight is 1000 g/mol. The van der Waals surface area contributed by atoms with Gasteiger partial charge in [-0.15, -0.1) is 11.3 Å². The molecule has 360 valence electrons. The fraction of sp³-hybridized carbons (Fsp3) is 0.340. The van der Waals surface area contributed by atoms with E-state index in [-0.39, 0.29) is 17.5 Å². The van der Waals surface area contributed by atoms with Crippen LogP contribution < -0.4 is 14.7 Å². The molecule has 0 bridgehead atoms. The van der Waals surface area contributed by atoms with Crippen LogP contribution >= 0.6 is 34.0 Å². The smallest absolute Gasteiger partial charge is 0.164 e. The number of unbranched alkanes of at least 4 members (excludes halogenated alkanes) is 1. The van der Waals surface area contributed by atoms with Gasteiger partial charge in [0.25, 0.3) is 0 Å². The molecular weight excluding hydrogens is 950 g/mol. The minimum atomic E-state index is -0.193. The zero-order valence-corrected chi connectivity index (χ0v) is 41.8. The molecule has 0 N–H and O–H groups in total. The third kappa shape index (κ3) is 10.3. The molecular formula is C50H51F3N14S3. The van der Waals surface area contributed by atoms with Crippen molar-refractivity contribution in [2.75, 3.05) is 75.6 Å². The lowest BCUT2D eigenvalue weighted by atomic mass is 10.2. The Hall–Kier alpha value is -6.32. The third-order valence-corrected chi connectivity index (χ3v) is 15.2. The van der Waals surface area contributed by atoms with Crippen molar-refractivity contribution in [2.24, 2.45) is 0 Å². The lowest BCUT2D eigenvalue weighted by molar-refractivity contribution is 0.394. The highest BCUT2D eigenvalue weighted by Crippen LogP contribution is 2.40. The summed E-state index contributed by atoms with van der Waals surface area (Å²) in [5.41, 5.74) is 10.4. The van der Waals surface area contributed by atoms with E-state index >= 15 is 0 Å². The monoisotopic (exact) mass is 1000 g/mol. The lowest BCUT2D eigenvalue weighted by Crippen LogP contribution is -2.15. The molecule has 3 aromatic carbocycles. The molecule has 0 atom stereocenters. The van der Waals surface area contributed by atoms with Gasteiger partial charge in [0.2, 0.25) is 0 Å². The predicted molar refractivity (Wildman–Crippen MR) is 275 cm³/mol. The second kappa shape index (κ2) is 21.0. The minimum Gasteiger partial charge on any atom is -0.324 e. The molecule has 3 aliphatic rings. The van der Waals surface area contributed by atoms with Crippen molar-refractivity contribution in [3.63, 3.8) is 0 Å². The number of rotatable bonds is 12. The van der Waals surface area contributed by atoms with Crippen LogP contribution in [0.2, 0.25) is 0 Å². The van der Waals surface area contributed by atoms with Crippen molar-refractivity contribution >= 4 is 99.6 Å². The first-order valence-electron chi connectivity index (χ1n) is 23.3. The van der Waals surface area contributed by atoms with Crippen LogP contribution in [0.15, 0.2) is 79.1 Å². The number of benzene rings is 3. The molecule has 0 radical (unpaired) electrons. The first kappa shape index (κ1) is 47.4. The van der Waals surface area contributed by atoms with Crippen LogP contribution in [0.25, 0.3) is 31.0 Å². The number of anilines is 6. The predicted octanol–water partition coefficient (Wildman–Crippen LogP) is 10.1. The summed E-state index contributed by atoms with van der Waals surface area (Å²) in [6.45, 7) is 4.51. The Morgan fingerprint density at radius 2 is 0.900 bits per heavy atom. The van der Waals surface area contributed by atoms with Crippen molar-refractivity contribution in [1.82, 2.24) is 54.7 Å². The zero-order valence-electron chi connectivity index (χ0n) is 39.3. The number of hydrogen-bond donors (Lipinski definition) is 0. The topological polar surface area (TPSA) is 132 Å². The van der Waals surface area contributed by atoms with Gasteiger partial charge in [0.1, 0.15) is 67.5 Å². The van der Waals surface area contributed by atoms with E-state index in [1.165, 1.54) is 29.5 Å². The molecule has 0 saturated carbocycles. The van der Waals surface area contributed by atoms with Gasteiger partial charge in [0, 0.05) is 43.1 Å². The fourth-order valence-corrected chi connectivity index (χ4v) is 11.6. The lowest BCUT2D eigenvalue weighted by Gasteiger charge is -2.18. The quantitative estimate of drug-likeness (QED) is 0.108. The van der Waals surface area contributed by atoms with Gasteiger partial charge in [0.05, 0.1) is 15.5 Å². The summed E-state index contributed by atoms with van der Waals surface area (Å²) in [6.07, 6.45) is 12.5. The van der Waals surface area contributed by atoms with Crippen molar-refractivity contribution in [1.29, 1.82) is 0 Å². The molecule has 14 nitrogen and oxygen atoms in total. The fourth-order valence-electron chi connectivity index (χ4n) is 9.08. The summed E-state index contributed by atoms with van der Waals surface area (Å²) in [7, 11) is 8.35. The first-order valence-corrected chi connectivity index (χ1v) is 25.8. The van der Waals surface area contributed by atoms with Crippen LogP contribution in [0, 0.1) is 17.5 Å². The molecule has 70 heavy (non-hydrogen) atoms. The van der Waals surface area contributed by atoms with Crippen molar-refractivity contribution < 1.29 is 13.2 Å². The van der Waals surface area contributed by atoms with Gasteiger partial charge < -0.3 is 24.5 Å². The van der Waals surface area contributed by atoms with E-state index in [0.29, 0.717) is 0 Å². The van der Waals surface area contributed by atoms with Gasteiger partial charge >= 0.3 is 0 Å². The first-order chi connectivity index (χ1) is 34.1. The van der Waals surface area contributed by atoms with Crippen LogP contribution in [0.1, 0.15) is 46.0 Å². The summed E-state index contributed by atoms with van der Waals surface area (Å²) >= 11 is 4.78. The van der Waals surface area contributed by atoms with Crippen LogP contribution in [0.5, 0.6) is 0 Å². The van der Waals surface area contributed by atoms with E-state index in [1.807, 2.05) is 12.1 Å². The molecule has 6 aromatic heterocycles. The van der Waals surface area contributed by atoms with Gasteiger partial charge in [-0.05, 0) is 158 Å². The molecule has 0 aliphatic carbocycles. The van der Waals surface area contributed by atoms with E-state index in [0.717, 1.165) is 176 Å². The molecule has 0 spiro atoms. The highest BCUT2D eigenvalue weighted by molar-refractivity contribution is 7.18. The molecule has 9 aromatic rings. The number of halogens is 3. The molecule has 20 heteroatoms. The number of nitrogens with zero attached hydrogens (tertiary/aromatic N) is 14. The number of thiazole rings is 3. The molecule has 0 fully saturated rings. The van der Waals surface area contributed by atoms with E-state index in [1.54, 1.807) is 71.4 Å². The Morgan fingerprint density at radius 1 is 0.486 bits per heavy atom. The summed E-state index contributed by atoms with van der Waals surface area (Å²) in [5.74, 6) is 1.89. The van der Waals surface area contributed by atoms with Crippen LogP contribution in [0.3, 0.4) is 0 Å². The van der Waals surface area contributed by atoms with E-state index < -0.39 is 0 Å². The number of fused-ring (bicyclic) bond motifs is 6. The highest BCUT2D eigenvalue weighted by Gasteiger charge is 2.28. The summed E-state index contributed by atoms with van der Waals surface area (Å²) < 4.78 is 40.2. The maximum atomic E-state index is 13.5. The number of aromatic nitrogens is 9. The standard InChI is InChI=1S/C19H22FN5S.C18H20FN5S.C13H9FN4S/c1-24(2)9-4-3-5-16-23-17-18(21-12-22-19(17)26-16)25-10-8-13-11-14(20)6-7-15(13)25;1-23(2)8-3-4-15-22-16-17(20-11-21-18(16)25-15)24-9-7-12-10-13(19)5-6-14(12)24;14-9-1-2-10-8(5-9)3-4-18(10)12-11-13(16-6-15-12)19-7-17-11/h6-7,11-12H,3-5,8-10H2,1-2H3;5-6,10-11H,3-4,7-9H2,1-2H3;1-2,5-7H,3-4H2. The van der Waals surface area contributed by atoms with Crippen molar-refractivity contribution in [3.05, 3.63) is 123 Å². The summed E-state index contributed by atoms with van der Waals surface area (Å²) in [4.78, 5) is 53.8. The molecule has 0 unspecified atom stereocenters. The Labute approximate surface area is 415 Å². The molecule has 0 saturated heterocycles. The minimum absolute atomic E-state index is 0.188. The van der Waals surface area contributed by atoms with Crippen molar-refractivity contribution in [2.45, 2.75) is 51.4 Å². The zero-order chi connectivity index (χ0) is 48.3. The van der Waals surface area contributed by atoms with Crippen molar-refractivity contribution in [3.8, 4) is 0 Å². The number of hydrogen-bond acceptors (Lipinski definition) is 17. The number of aryl methyl sites for hydroxylation is 2. The van der Waals surface area contributed by atoms with E-state index in [2.05, 4.69) is 87.6 Å². The third-order valence-electron chi connectivity index (χ3n) is 12.4.